The Morgan fingerprint density at radius 2 is 1.84 bits per heavy atom. The fourth-order valence-corrected chi connectivity index (χ4v) is 6.06. The van der Waals surface area contributed by atoms with Gasteiger partial charge in [0.05, 0.1) is 25.3 Å². The molecule has 0 aromatic heterocycles. The van der Waals surface area contributed by atoms with Crippen LogP contribution in [-0.4, -0.2) is 39.3 Å². The summed E-state index contributed by atoms with van der Waals surface area (Å²) >= 11 is 0. The first kappa shape index (κ1) is 34.2. The minimum atomic E-state index is -3.99. The molecule has 0 radical (unpaired) electrons. The van der Waals surface area contributed by atoms with Crippen molar-refractivity contribution in [2.75, 3.05) is 12.9 Å². The summed E-state index contributed by atoms with van der Waals surface area (Å²) in [6.07, 6.45) is 7.69. The second-order valence-electron chi connectivity index (χ2n) is 11.3. The molecule has 2 aromatic carbocycles. The second kappa shape index (κ2) is 15.4. The molecule has 2 atom stereocenters. The smallest absolute Gasteiger partial charge is 0.308 e. The molecule has 1 amide bonds. The van der Waals surface area contributed by atoms with Gasteiger partial charge in [-0.1, -0.05) is 29.8 Å². The second-order valence-corrected chi connectivity index (χ2v) is 12.9. The topological polar surface area (TPSA) is 98.8 Å². The Bertz CT molecular complexity index is 1450. The van der Waals surface area contributed by atoms with E-state index in [0.29, 0.717) is 5.56 Å². The fourth-order valence-electron chi connectivity index (χ4n) is 5.47. The van der Waals surface area contributed by atoms with E-state index in [2.05, 4.69) is 37.5 Å². The van der Waals surface area contributed by atoms with Crippen LogP contribution in [0.4, 0.5) is 4.39 Å². The van der Waals surface area contributed by atoms with Crippen molar-refractivity contribution in [3.05, 3.63) is 83.2 Å². The highest BCUT2D eigenvalue weighted by molar-refractivity contribution is 7.86. The van der Waals surface area contributed by atoms with Gasteiger partial charge < -0.3 is 10.1 Å². The van der Waals surface area contributed by atoms with Crippen LogP contribution in [0.2, 0.25) is 0 Å². The van der Waals surface area contributed by atoms with Gasteiger partial charge in [0.25, 0.3) is 16.0 Å². The number of ether oxygens (including phenoxy) is 1. The number of esters is 1. The van der Waals surface area contributed by atoms with Gasteiger partial charge in [0.2, 0.25) is 0 Å². The summed E-state index contributed by atoms with van der Waals surface area (Å²) in [4.78, 5) is 26.0. The maximum Gasteiger partial charge on any atom is 0.308 e. The van der Waals surface area contributed by atoms with E-state index in [1.54, 1.807) is 13.0 Å². The Morgan fingerprint density at radius 3 is 2.44 bits per heavy atom. The SMILES string of the molecule is C=CCCCCc1cc(C)cc(C)c1-c1cc(C2CC2)c(F)c([C@H](CC(=O)OCC)NC(=O)[C@@H](CC=C)OS(C)(=O)=O)c1. The van der Waals surface area contributed by atoms with Crippen molar-refractivity contribution in [3.63, 3.8) is 0 Å². The van der Waals surface area contributed by atoms with Crippen LogP contribution in [-0.2, 0) is 35.0 Å². The molecule has 0 spiro atoms. The molecule has 3 rings (SSSR count). The number of hydrogen-bond donors (Lipinski definition) is 1. The number of carbonyl (C=O) groups is 2. The van der Waals surface area contributed by atoms with Gasteiger partial charge in [-0.05, 0) is 105 Å². The van der Waals surface area contributed by atoms with Gasteiger partial charge in [0.1, 0.15) is 5.82 Å². The van der Waals surface area contributed by atoms with E-state index in [-0.39, 0.29) is 30.9 Å². The summed E-state index contributed by atoms with van der Waals surface area (Å²) in [5.74, 6) is -1.86. The lowest BCUT2D eigenvalue weighted by Gasteiger charge is -2.24. The van der Waals surface area contributed by atoms with Crippen LogP contribution in [0.5, 0.6) is 0 Å². The highest BCUT2D eigenvalue weighted by Crippen LogP contribution is 2.45. The molecule has 7 nitrogen and oxygen atoms in total. The molecule has 234 valence electrons. The lowest BCUT2D eigenvalue weighted by atomic mass is 9.86. The van der Waals surface area contributed by atoms with E-state index in [4.69, 9.17) is 8.92 Å². The van der Waals surface area contributed by atoms with Crippen LogP contribution < -0.4 is 5.32 Å². The van der Waals surface area contributed by atoms with Crippen molar-refractivity contribution in [1.82, 2.24) is 5.32 Å². The summed E-state index contributed by atoms with van der Waals surface area (Å²) in [5, 5.41) is 2.70. The molecule has 0 heterocycles. The third kappa shape index (κ3) is 9.86. The van der Waals surface area contributed by atoms with E-state index in [9.17, 15) is 18.0 Å². The summed E-state index contributed by atoms with van der Waals surface area (Å²) in [6.45, 7) is 13.3. The average molecular weight is 614 g/mol. The summed E-state index contributed by atoms with van der Waals surface area (Å²) in [6, 6.07) is 6.74. The molecule has 1 fully saturated rings. The van der Waals surface area contributed by atoms with E-state index >= 15 is 4.39 Å². The number of allylic oxidation sites excluding steroid dienone is 1. The molecule has 9 heteroatoms. The van der Waals surface area contributed by atoms with Crippen molar-refractivity contribution in [2.45, 2.75) is 90.2 Å². The molecule has 1 N–H and O–H groups in total. The zero-order valence-electron chi connectivity index (χ0n) is 25.7. The van der Waals surface area contributed by atoms with Crippen molar-refractivity contribution in [1.29, 1.82) is 0 Å². The molecule has 1 saturated carbocycles. The zero-order chi connectivity index (χ0) is 31.7. The number of aryl methyl sites for hydroxylation is 3. The normalized spacial score (nSPS) is 14.5. The third-order valence-electron chi connectivity index (χ3n) is 7.43. The predicted octanol–water partition coefficient (Wildman–Crippen LogP) is 6.92. The van der Waals surface area contributed by atoms with Crippen LogP contribution >= 0.6 is 0 Å². The van der Waals surface area contributed by atoms with Gasteiger partial charge in [-0.25, -0.2) is 4.39 Å². The maximum atomic E-state index is 16.3. The lowest BCUT2D eigenvalue weighted by Crippen LogP contribution is -2.40. The van der Waals surface area contributed by atoms with Crippen LogP contribution in [0.3, 0.4) is 0 Å². The number of nitrogens with one attached hydrogen (secondary N) is 1. The Kier molecular flexibility index (Phi) is 12.3. The largest absolute Gasteiger partial charge is 0.466 e. The first-order valence-electron chi connectivity index (χ1n) is 14.9. The maximum absolute atomic E-state index is 16.3. The number of carbonyl (C=O) groups excluding carboxylic acids is 2. The van der Waals surface area contributed by atoms with E-state index in [1.807, 2.05) is 19.1 Å². The first-order chi connectivity index (χ1) is 20.4. The van der Waals surface area contributed by atoms with Gasteiger partial charge in [0, 0.05) is 12.0 Å². The molecule has 1 aliphatic carbocycles. The molecule has 2 aromatic rings. The standard InChI is InChI=1S/C34H44FNO6S/c1-7-10-11-12-14-25-18-22(4)17-23(5)32(25)26-19-27(24-15-16-24)33(35)28(20-26)29(21-31(37)41-9-3)36-34(38)30(13-8-2)42-43(6,39)40/h7-8,17-20,24,29-30H,1-2,9-16,21H2,3-6H3,(H,36,38)/t29-,30+/m0/s1. The summed E-state index contributed by atoms with van der Waals surface area (Å²) in [7, 11) is -3.99. The first-order valence-corrected chi connectivity index (χ1v) is 16.7. The molecular formula is C34H44FNO6S. The minimum Gasteiger partial charge on any atom is -0.466 e. The van der Waals surface area contributed by atoms with Crippen LogP contribution in [0.15, 0.2) is 49.6 Å². The minimum absolute atomic E-state index is 0.0431. The molecule has 0 unspecified atom stereocenters. The number of unbranched alkanes of at least 4 members (excludes halogenated alkanes) is 2. The van der Waals surface area contributed by atoms with Gasteiger partial charge in [-0.15, -0.1) is 13.2 Å². The zero-order valence-corrected chi connectivity index (χ0v) is 26.5. The number of hydrogen-bond acceptors (Lipinski definition) is 6. The van der Waals surface area contributed by atoms with Crippen LogP contribution in [0.1, 0.15) is 91.6 Å². The molecule has 0 bridgehead atoms. The van der Waals surface area contributed by atoms with Gasteiger partial charge >= 0.3 is 5.97 Å². The average Bonchev–Trinajstić information content (AvgIpc) is 3.75. The highest BCUT2D eigenvalue weighted by atomic mass is 32.2. The van der Waals surface area contributed by atoms with Crippen molar-refractivity contribution < 1.29 is 31.3 Å². The number of benzene rings is 2. The molecule has 1 aliphatic rings. The Labute approximate surface area is 255 Å². The van der Waals surface area contributed by atoms with Crippen LogP contribution in [0.25, 0.3) is 11.1 Å². The third-order valence-corrected chi connectivity index (χ3v) is 8.01. The van der Waals surface area contributed by atoms with E-state index in [0.717, 1.165) is 72.6 Å². The van der Waals surface area contributed by atoms with Gasteiger partial charge in [-0.2, -0.15) is 8.42 Å². The van der Waals surface area contributed by atoms with Crippen LogP contribution in [0, 0.1) is 19.7 Å². The van der Waals surface area contributed by atoms with Crippen molar-refractivity contribution >= 4 is 22.0 Å². The molecule has 0 aliphatic heterocycles. The van der Waals surface area contributed by atoms with E-state index in [1.165, 1.54) is 6.08 Å². The highest BCUT2D eigenvalue weighted by Gasteiger charge is 2.33. The fraction of sp³-hybridized carbons (Fsp3) is 0.471. The lowest BCUT2D eigenvalue weighted by molar-refractivity contribution is -0.144. The number of amides is 1. The quantitative estimate of drug-likeness (QED) is 0.0901. The van der Waals surface area contributed by atoms with Gasteiger partial charge in [0.15, 0.2) is 6.10 Å². The predicted molar refractivity (Wildman–Crippen MR) is 168 cm³/mol. The number of rotatable bonds is 17. The van der Waals surface area contributed by atoms with E-state index < -0.39 is 40.0 Å². The number of halogens is 1. The van der Waals surface area contributed by atoms with Crippen molar-refractivity contribution in [3.8, 4) is 11.1 Å². The Hall–Kier alpha value is -3.30. The molecule has 43 heavy (non-hydrogen) atoms. The summed E-state index contributed by atoms with van der Waals surface area (Å²) < 4.78 is 50.2. The van der Waals surface area contributed by atoms with Gasteiger partial charge in [-0.3, -0.25) is 13.8 Å². The monoisotopic (exact) mass is 613 g/mol. The Balaban J connectivity index is 2.15. The molecular weight excluding hydrogens is 569 g/mol. The Morgan fingerprint density at radius 1 is 1.12 bits per heavy atom. The molecule has 0 saturated heterocycles. The van der Waals surface area contributed by atoms with Crippen molar-refractivity contribution in [2.24, 2.45) is 0 Å². The summed E-state index contributed by atoms with van der Waals surface area (Å²) in [5.41, 5.74) is 5.86.